The van der Waals surface area contributed by atoms with E-state index in [0.29, 0.717) is 12.6 Å². The standard InChI is InChI=1S/C21H30N4O2/c26-20(22-16-7-3-1-2-4-8-16)15-24-13-11-17(12-14-24)25-19-10-6-5-9-18(19)23-21(25)27/h5-6,9-10,16-17H,1-4,7-8,11-15H2,(H,22,26)(H,23,27). The van der Waals surface area contributed by atoms with Crippen LogP contribution in [-0.4, -0.2) is 46.0 Å². The summed E-state index contributed by atoms with van der Waals surface area (Å²) in [4.78, 5) is 30.0. The van der Waals surface area contributed by atoms with Gasteiger partial charge in [-0.3, -0.25) is 14.3 Å². The van der Waals surface area contributed by atoms with Gasteiger partial charge in [-0.15, -0.1) is 0 Å². The zero-order chi connectivity index (χ0) is 18.6. The number of rotatable bonds is 4. The number of fused-ring (bicyclic) bond motifs is 1. The van der Waals surface area contributed by atoms with Gasteiger partial charge in [0.25, 0.3) is 0 Å². The number of carbonyl (C=O) groups is 1. The summed E-state index contributed by atoms with van der Waals surface area (Å²) in [5.41, 5.74) is 1.85. The second kappa shape index (κ2) is 8.30. The van der Waals surface area contributed by atoms with Crippen LogP contribution in [0.3, 0.4) is 0 Å². The Kier molecular flexibility index (Phi) is 5.62. The Morgan fingerprint density at radius 2 is 1.74 bits per heavy atom. The molecule has 1 aromatic heterocycles. The molecule has 146 valence electrons. The molecule has 2 aliphatic rings. The minimum absolute atomic E-state index is 0.0271. The third kappa shape index (κ3) is 4.26. The Labute approximate surface area is 159 Å². The van der Waals surface area contributed by atoms with Gasteiger partial charge >= 0.3 is 5.69 Å². The predicted octanol–water partition coefficient (Wildman–Crippen LogP) is 2.81. The lowest BCUT2D eigenvalue weighted by atomic mass is 10.0. The molecule has 0 spiro atoms. The van der Waals surface area contributed by atoms with Crippen molar-refractivity contribution in [2.75, 3.05) is 19.6 Å². The third-order valence-corrected chi connectivity index (χ3v) is 6.13. The first-order valence-electron chi connectivity index (χ1n) is 10.4. The summed E-state index contributed by atoms with van der Waals surface area (Å²) in [5, 5.41) is 3.24. The van der Waals surface area contributed by atoms with E-state index in [-0.39, 0.29) is 17.6 Å². The number of hydrogen-bond donors (Lipinski definition) is 2. The van der Waals surface area contributed by atoms with Gasteiger partial charge in [0.15, 0.2) is 0 Å². The van der Waals surface area contributed by atoms with Crippen molar-refractivity contribution in [1.82, 2.24) is 19.8 Å². The minimum atomic E-state index is -0.0271. The van der Waals surface area contributed by atoms with Crippen LogP contribution < -0.4 is 11.0 Å². The highest BCUT2D eigenvalue weighted by Crippen LogP contribution is 2.24. The van der Waals surface area contributed by atoms with E-state index in [2.05, 4.69) is 15.2 Å². The van der Waals surface area contributed by atoms with E-state index in [1.807, 2.05) is 28.8 Å². The summed E-state index contributed by atoms with van der Waals surface area (Å²) in [5.74, 6) is 0.157. The summed E-state index contributed by atoms with van der Waals surface area (Å²) >= 11 is 0. The Morgan fingerprint density at radius 3 is 2.48 bits per heavy atom. The molecule has 2 heterocycles. The molecule has 4 rings (SSSR count). The van der Waals surface area contributed by atoms with E-state index in [4.69, 9.17) is 0 Å². The molecular formula is C21H30N4O2. The van der Waals surface area contributed by atoms with Gasteiger partial charge in [0, 0.05) is 25.2 Å². The number of carbonyl (C=O) groups excluding carboxylic acids is 1. The second-order valence-corrected chi connectivity index (χ2v) is 8.08. The summed E-state index contributed by atoms with van der Waals surface area (Å²) in [6.07, 6.45) is 9.11. The molecule has 6 nitrogen and oxygen atoms in total. The highest BCUT2D eigenvalue weighted by molar-refractivity contribution is 5.78. The third-order valence-electron chi connectivity index (χ3n) is 6.13. The number of piperidine rings is 1. The number of nitrogens with zero attached hydrogens (tertiary/aromatic N) is 2. The van der Waals surface area contributed by atoms with Gasteiger partial charge in [-0.2, -0.15) is 0 Å². The van der Waals surface area contributed by atoms with Gasteiger partial charge in [-0.05, 0) is 37.8 Å². The number of para-hydroxylation sites is 2. The zero-order valence-electron chi connectivity index (χ0n) is 16.0. The highest BCUT2D eigenvalue weighted by atomic mass is 16.2. The SMILES string of the molecule is O=C(CN1CCC(n2c(=O)[nH]c3ccccc32)CC1)NC1CCCCCC1. The maximum absolute atomic E-state index is 12.4. The molecule has 2 N–H and O–H groups in total. The molecule has 1 saturated carbocycles. The van der Waals surface area contributed by atoms with Gasteiger partial charge in [0.05, 0.1) is 17.6 Å². The fourth-order valence-electron chi connectivity index (χ4n) is 4.67. The van der Waals surface area contributed by atoms with Crippen LogP contribution in [0.2, 0.25) is 0 Å². The zero-order valence-corrected chi connectivity index (χ0v) is 16.0. The van der Waals surface area contributed by atoms with E-state index < -0.39 is 0 Å². The maximum atomic E-state index is 12.4. The molecule has 1 amide bonds. The maximum Gasteiger partial charge on any atom is 0.326 e. The van der Waals surface area contributed by atoms with E-state index >= 15 is 0 Å². The van der Waals surface area contributed by atoms with Crippen molar-refractivity contribution in [2.24, 2.45) is 0 Å². The first-order valence-corrected chi connectivity index (χ1v) is 10.4. The van der Waals surface area contributed by atoms with Crippen LogP contribution in [0.4, 0.5) is 0 Å². The Morgan fingerprint density at radius 1 is 1.04 bits per heavy atom. The monoisotopic (exact) mass is 370 g/mol. The largest absolute Gasteiger partial charge is 0.352 e. The molecular weight excluding hydrogens is 340 g/mol. The average molecular weight is 370 g/mol. The van der Waals surface area contributed by atoms with Crippen molar-refractivity contribution in [3.05, 3.63) is 34.7 Å². The van der Waals surface area contributed by atoms with Crippen LogP contribution in [0, 0.1) is 0 Å². The number of benzene rings is 1. The van der Waals surface area contributed by atoms with Crippen molar-refractivity contribution in [1.29, 1.82) is 0 Å². The first kappa shape index (κ1) is 18.3. The average Bonchev–Trinajstić information content (AvgIpc) is 2.81. The van der Waals surface area contributed by atoms with Crippen LogP contribution in [0.5, 0.6) is 0 Å². The molecule has 27 heavy (non-hydrogen) atoms. The second-order valence-electron chi connectivity index (χ2n) is 8.08. The highest BCUT2D eigenvalue weighted by Gasteiger charge is 2.25. The molecule has 0 unspecified atom stereocenters. The van der Waals surface area contributed by atoms with Crippen LogP contribution in [-0.2, 0) is 4.79 Å². The number of amides is 1. The number of nitrogens with one attached hydrogen (secondary N) is 2. The number of aromatic nitrogens is 2. The number of hydrogen-bond acceptors (Lipinski definition) is 3. The lowest BCUT2D eigenvalue weighted by Gasteiger charge is -2.32. The van der Waals surface area contributed by atoms with Gasteiger partial charge in [-0.25, -0.2) is 4.79 Å². The number of likely N-dealkylation sites (tertiary alicyclic amines) is 1. The topological polar surface area (TPSA) is 70.1 Å². The van der Waals surface area contributed by atoms with Crippen LogP contribution in [0.15, 0.2) is 29.1 Å². The molecule has 1 aliphatic carbocycles. The molecule has 1 aliphatic heterocycles. The number of imidazole rings is 1. The molecule has 2 fully saturated rings. The summed E-state index contributed by atoms with van der Waals surface area (Å²) < 4.78 is 1.90. The Hall–Kier alpha value is -2.08. The molecule has 1 saturated heterocycles. The smallest absolute Gasteiger partial charge is 0.326 e. The lowest BCUT2D eigenvalue weighted by molar-refractivity contribution is -0.123. The van der Waals surface area contributed by atoms with Crippen molar-refractivity contribution in [3.8, 4) is 0 Å². The lowest BCUT2D eigenvalue weighted by Crippen LogP contribution is -2.45. The molecule has 0 bridgehead atoms. The van der Waals surface area contributed by atoms with Crippen molar-refractivity contribution < 1.29 is 4.79 Å². The van der Waals surface area contributed by atoms with Gasteiger partial charge in [0.2, 0.25) is 5.91 Å². The van der Waals surface area contributed by atoms with Crippen molar-refractivity contribution in [2.45, 2.75) is 63.5 Å². The quantitative estimate of drug-likeness (QED) is 0.813. The number of aromatic amines is 1. The summed E-state index contributed by atoms with van der Waals surface area (Å²) in [6.45, 7) is 2.19. The van der Waals surface area contributed by atoms with Crippen molar-refractivity contribution in [3.63, 3.8) is 0 Å². The van der Waals surface area contributed by atoms with Gasteiger partial charge in [-0.1, -0.05) is 37.8 Å². The van der Waals surface area contributed by atoms with Crippen LogP contribution in [0.1, 0.15) is 57.4 Å². The first-order chi connectivity index (χ1) is 13.2. The van der Waals surface area contributed by atoms with Gasteiger partial charge in [0.1, 0.15) is 0 Å². The predicted molar refractivity (Wildman–Crippen MR) is 107 cm³/mol. The number of H-pyrrole nitrogens is 1. The molecule has 0 radical (unpaired) electrons. The Balaban J connectivity index is 1.31. The molecule has 1 aromatic carbocycles. The molecule has 2 aromatic rings. The fourth-order valence-corrected chi connectivity index (χ4v) is 4.67. The normalized spacial score (nSPS) is 20.6. The fraction of sp³-hybridized carbons (Fsp3) is 0.619. The van der Waals surface area contributed by atoms with E-state index in [1.54, 1.807) is 0 Å². The summed E-state index contributed by atoms with van der Waals surface area (Å²) in [6, 6.07) is 8.43. The van der Waals surface area contributed by atoms with E-state index in [9.17, 15) is 9.59 Å². The van der Waals surface area contributed by atoms with Gasteiger partial charge < -0.3 is 10.3 Å². The van der Waals surface area contributed by atoms with Crippen molar-refractivity contribution >= 4 is 16.9 Å². The summed E-state index contributed by atoms with van der Waals surface area (Å²) in [7, 11) is 0. The molecule has 6 heteroatoms. The van der Waals surface area contributed by atoms with Crippen LogP contribution >= 0.6 is 0 Å². The van der Waals surface area contributed by atoms with E-state index in [0.717, 1.165) is 49.8 Å². The Bertz CT molecular complexity index is 824. The molecule has 0 atom stereocenters. The van der Waals surface area contributed by atoms with E-state index in [1.165, 1.54) is 25.7 Å². The minimum Gasteiger partial charge on any atom is -0.352 e. The van der Waals surface area contributed by atoms with Crippen LogP contribution in [0.25, 0.3) is 11.0 Å².